The molecule has 7 heteroatoms. The summed E-state index contributed by atoms with van der Waals surface area (Å²) in [5, 5.41) is 23.1. The number of hydrogen-bond donors (Lipinski definition) is 1. The van der Waals surface area contributed by atoms with Crippen LogP contribution in [0, 0.1) is 21.4 Å². The zero-order valence-corrected chi connectivity index (χ0v) is 15.6. The Morgan fingerprint density at radius 1 is 1.14 bits per heavy atom. The molecule has 0 saturated carbocycles. The van der Waals surface area contributed by atoms with Crippen LogP contribution in [0.15, 0.2) is 78.5 Å². The van der Waals surface area contributed by atoms with Gasteiger partial charge in [-0.2, -0.15) is 5.26 Å². The lowest BCUT2D eigenvalue weighted by molar-refractivity contribution is -0.384. The quantitative estimate of drug-likeness (QED) is 0.297. The fraction of sp³-hybridized carbons (Fsp3) is 0.0909. The maximum Gasteiger partial charge on any atom is 0.269 e. The SMILES string of the molecule is CC(NC(=O)C(C#N)=Cc1cccn1-c1ccc([N+](=O)[O-])cc1)c1ccccc1. The average Bonchev–Trinajstić information content (AvgIpc) is 3.20. The van der Waals surface area contributed by atoms with Crippen molar-refractivity contribution in [2.45, 2.75) is 13.0 Å². The van der Waals surface area contributed by atoms with E-state index < -0.39 is 10.8 Å². The van der Waals surface area contributed by atoms with Gasteiger partial charge in [0.1, 0.15) is 11.6 Å². The van der Waals surface area contributed by atoms with Gasteiger partial charge in [-0.3, -0.25) is 14.9 Å². The van der Waals surface area contributed by atoms with E-state index >= 15 is 0 Å². The molecule has 1 aromatic heterocycles. The minimum atomic E-state index is -0.472. The van der Waals surface area contributed by atoms with Crippen molar-refractivity contribution in [1.82, 2.24) is 9.88 Å². The lowest BCUT2D eigenvalue weighted by atomic mass is 10.1. The van der Waals surface area contributed by atoms with Crippen molar-refractivity contribution in [3.8, 4) is 11.8 Å². The third-order valence-electron chi connectivity index (χ3n) is 4.42. The molecule has 0 aliphatic heterocycles. The first-order valence-electron chi connectivity index (χ1n) is 8.89. The molecule has 1 unspecified atom stereocenters. The van der Waals surface area contributed by atoms with Crippen LogP contribution in [0.2, 0.25) is 0 Å². The van der Waals surface area contributed by atoms with Crippen LogP contribution in [0.1, 0.15) is 24.2 Å². The Kier molecular flexibility index (Phi) is 5.85. The second-order valence-electron chi connectivity index (χ2n) is 6.35. The third kappa shape index (κ3) is 4.57. The van der Waals surface area contributed by atoms with Crippen molar-refractivity contribution < 1.29 is 9.72 Å². The predicted molar refractivity (Wildman–Crippen MR) is 109 cm³/mol. The first-order chi connectivity index (χ1) is 14.0. The van der Waals surface area contributed by atoms with Gasteiger partial charge in [0.2, 0.25) is 0 Å². The normalized spacial score (nSPS) is 12.1. The monoisotopic (exact) mass is 386 g/mol. The predicted octanol–water partition coefficient (Wildman–Crippen LogP) is 4.17. The highest BCUT2D eigenvalue weighted by molar-refractivity contribution is 6.01. The largest absolute Gasteiger partial charge is 0.345 e. The number of hydrogen-bond acceptors (Lipinski definition) is 4. The number of non-ortho nitro benzene ring substituents is 1. The molecule has 1 atom stereocenters. The van der Waals surface area contributed by atoms with E-state index in [9.17, 15) is 20.2 Å². The van der Waals surface area contributed by atoms with Crippen LogP contribution < -0.4 is 5.32 Å². The van der Waals surface area contributed by atoms with E-state index in [1.807, 2.05) is 43.3 Å². The molecule has 3 rings (SSSR count). The van der Waals surface area contributed by atoms with Crippen molar-refractivity contribution in [3.05, 3.63) is 99.9 Å². The smallest absolute Gasteiger partial charge is 0.269 e. The average molecular weight is 386 g/mol. The summed E-state index contributed by atoms with van der Waals surface area (Å²) in [5.74, 6) is -0.472. The van der Waals surface area contributed by atoms with Gasteiger partial charge in [-0.05, 0) is 42.8 Å². The lowest BCUT2D eigenvalue weighted by Gasteiger charge is -2.14. The number of nitrogens with one attached hydrogen (secondary N) is 1. The fourth-order valence-electron chi connectivity index (χ4n) is 2.88. The van der Waals surface area contributed by atoms with E-state index in [1.54, 1.807) is 35.0 Å². The van der Waals surface area contributed by atoms with Gasteiger partial charge in [0.05, 0.1) is 11.0 Å². The standard InChI is InChI=1S/C22H18N4O3/c1-16(17-6-3-2-4-7-17)24-22(27)18(15-23)14-21-8-5-13-25(21)19-9-11-20(12-10-19)26(28)29/h2-14,16H,1H3,(H,24,27). The van der Waals surface area contributed by atoms with Gasteiger partial charge in [-0.1, -0.05) is 30.3 Å². The van der Waals surface area contributed by atoms with Crippen LogP contribution >= 0.6 is 0 Å². The van der Waals surface area contributed by atoms with E-state index in [1.165, 1.54) is 18.2 Å². The summed E-state index contributed by atoms with van der Waals surface area (Å²) in [4.78, 5) is 22.9. The molecule has 0 saturated heterocycles. The van der Waals surface area contributed by atoms with Crippen molar-refractivity contribution in [1.29, 1.82) is 5.26 Å². The second-order valence-corrected chi connectivity index (χ2v) is 6.35. The molecule has 0 radical (unpaired) electrons. The van der Waals surface area contributed by atoms with Gasteiger partial charge in [-0.25, -0.2) is 0 Å². The number of nitriles is 1. The molecule has 1 heterocycles. The summed E-state index contributed by atoms with van der Waals surface area (Å²) < 4.78 is 1.75. The zero-order chi connectivity index (χ0) is 20.8. The van der Waals surface area contributed by atoms with E-state index in [0.29, 0.717) is 11.4 Å². The molecule has 0 bridgehead atoms. The van der Waals surface area contributed by atoms with Crippen LogP contribution in [0.25, 0.3) is 11.8 Å². The highest BCUT2D eigenvalue weighted by Crippen LogP contribution is 2.19. The fourth-order valence-corrected chi connectivity index (χ4v) is 2.88. The van der Waals surface area contributed by atoms with Gasteiger partial charge in [0.15, 0.2) is 0 Å². The molecule has 1 amide bonds. The molecule has 144 valence electrons. The number of benzene rings is 2. The van der Waals surface area contributed by atoms with E-state index in [4.69, 9.17) is 0 Å². The number of nitro benzene ring substituents is 1. The Labute approximate surface area is 167 Å². The van der Waals surface area contributed by atoms with Crippen LogP contribution in [-0.2, 0) is 4.79 Å². The molecule has 0 aliphatic carbocycles. The maximum absolute atomic E-state index is 12.6. The molecule has 0 fully saturated rings. The number of aromatic nitrogens is 1. The Morgan fingerprint density at radius 2 is 1.83 bits per heavy atom. The first kappa shape index (κ1) is 19.6. The van der Waals surface area contributed by atoms with Crippen molar-refractivity contribution in [2.24, 2.45) is 0 Å². The summed E-state index contributed by atoms with van der Waals surface area (Å²) in [7, 11) is 0. The van der Waals surface area contributed by atoms with Crippen molar-refractivity contribution >= 4 is 17.7 Å². The van der Waals surface area contributed by atoms with Crippen LogP contribution in [-0.4, -0.2) is 15.4 Å². The number of amides is 1. The van der Waals surface area contributed by atoms with Crippen LogP contribution in [0.4, 0.5) is 5.69 Å². The topological polar surface area (TPSA) is 101 Å². The molecule has 0 spiro atoms. The molecular formula is C22H18N4O3. The number of carbonyl (C=O) groups excluding carboxylic acids is 1. The van der Waals surface area contributed by atoms with Crippen LogP contribution in [0.5, 0.6) is 0 Å². The van der Waals surface area contributed by atoms with Gasteiger partial charge >= 0.3 is 0 Å². The molecule has 29 heavy (non-hydrogen) atoms. The second kappa shape index (κ2) is 8.67. The first-order valence-corrected chi connectivity index (χ1v) is 8.89. The zero-order valence-electron chi connectivity index (χ0n) is 15.6. The van der Waals surface area contributed by atoms with Gasteiger partial charge in [0, 0.05) is 29.7 Å². The number of rotatable bonds is 6. The Morgan fingerprint density at radius 3 is 2.45 bits per heavy atom. The Hall–Kier alpha value is -4.18. The summed E-state index contributed by atoms with van der Waals surface area (Å²) in [6.45, 7) is 1.85. The summed E-state index contributed by atoms with van der Waals surface area (Å²) in [6, 6.07) is 20.7. The van der Waals surface area contributed by atoms with E-state index in [-0.39, 0.29) is 17.3 Å². The maximum atomic E-state index is 12.6. The molecule has 7 nitrogen and oxygen atoms in total. The minimum Gasteiger partial charge on any atom is -0.345 e. The Bertz CT molecular complexity index is 1090. The van der Waals surface area contributed by atoms with Crippen molar-refractivity contribution in [3.63, 3.8) is 0 Å². The third-order valence-corrected chi connectivity index (χ3v) is 4.42. The molecular weight excluding hydrogens is 368 g/mol. The molecule has 3 aromatic rings. The summed E-state index contributed by atoms with van der Waals surface area (Å²) >= 11 is 0. The molecule has 0 aliphatic rings. The number of nitro groups is 1. The van der Waals surface area contributed by atoms with Crippen LogP contribution in [0.3, 0.4) is 0 Å². The number of carbonyl (C=O) groups is 1. The van der Waals surface area contributed by atoms with E-state index in [0.717, 1.165) is 5.56 Å². The molecule has 2 aromatic carbocycles. The highest BCUT2D eigenvalue weighted by Gasteiger charge is 2.15. The van der Waals surface area contributed by atoms with Gasteiger partial charge < -0.3 is 9.88 Å². The van der Waals surface area contributed by atoms with Gasteiger partial charge in [-0.15, -0.1) is 0 Å². The summed E-state index contributed by atoms with van der Waals surface area (Å²) in [6.07, 6.45) is 3.25. The highest BCUT2D eigenvalue weighted by atomic mass is 16.6. The minimum absolute atomic E-state index is 0.00927. The van der Waals surface area contributed by atoms with E-state index in [2.05, 4.69) is 5.32 Å². The lowest BCUT2D eigenvalue weighted by Crippen LogP contribution is -2.27. The number of nitrogens with zero attached hydrogens (tertiary/aromatic N) is 3. The van der Waals surface area contributed by atoms with Gasteiger partial charge in [0.25, 0.3) is 11.6 Å². The van der Waals surface area contributed by atoms with Crippen molar-refractivity contribution in [2.75, 3.05) is 0 Å². The molecule has 1 N–H and O–H groups in total. The Balaban J connectivity index is 1.83. The summed E-state index contributed by atoms with van der Waals surface area (Å²) in [5.41, 5.74) is 2.19.